The van der Waals surface area contributed by atoms with E-state index in [1.807, 2.05) is 0 Å². The van der Waals surface area contributed by atoms with Crippen molar-refractivity contribution in [2.75, 3.05) is 50.0 Å². The number of hydrogen-bond donors (Lipinski definition) is 3. The van der Waals surface area contributed by atoms with Gasteiger partial charge in [0.1, 0.15) is 5.82 Å². The number of rotatable bonds is 5. The molecule has 0 aliphatic carbocycles. The van der Waals surface area contributed by atoms with Crippen LogP contribution < -0.4 is 10.6 Å². The van der Waals surface area contributed by atoms with Gasteiger partial charge in [0.05, 0.1) is 47.0 Å². The Labute approximate surface area is 221 Å². The number of nitrogens with zero attached hydrogens (tertiary/aromatic N) is 2. The number of aromatic nitrogens is 1. The highest BCUT2D eigenvalue weighted by Crippen LogP contribution is 2.42. The number of piperidine rings is 1. The van der Waals surface area contributed by atoms with Gasteiger partial charge in [0.2, 0.25) is 6.41 Å². The molecule has 3 aliphatic heterocycles. The molecule has 208 valence electrons. The minimum Gasteiger partial charge on any atom is -0.379 e. The number of morpholine rings is 1. The third-order valence-corrected chi connectivity index (χ3v) is 7.41. The summed E-state index contributed by atoms with van der Waals surface area (Å²) in [4.78, 5) is 43.4. The van der Waals surface area contributed by atoms with Crippen LogP contribution in [0.5, 0.6) is 0 Å². The van der Waals surface area contributed by atoms with Crippen molar-refractivity contribution in [3.8, 4) is 0 Å². The van der Waals surface area contributed by atoms with Gasteiger partial charge in [0.15, 0.2) is 0 Å². The van der Waals surface area contributed by atoms with Gasteiger partial charge in [-0.15, -0.1) is 0 Å². The Morgan fingerprint density at radius 1 is 1.15 bits per heavy atom. The van der Waals surface area contributed by atoms with E-state index in [-0.39, 0.29) is 34.2 Å². The SMILES string of the molecule is Cc1[nH]c(/C=C2\C(=O)Nc3c(NC=O)cc(F)cc32)c(C(F)(F)F)c1C(=O)N1CCC(N2CCOCC2)CC1. The zero-order valence-corrected chi connectivity index (χ0v) is 21.1. The van der Waals surface area contributed by atoms with Gasteiger partial charge in [-0.3, -0.25) is 19.3 Å². The lowest BCUT2D eigenvalue weighted by Gasteiger charge is -2.40. The molecule has 3 amide bonds. The van der Waals surface area contributed by atoms with Crippen LogP contribution in [-0.2, 0) is 20.5 Å². The number of halogens is 4. The molecule has 0 saturated carbocycles. The maximum atomic E-state index is 14.4. The average Bonchev–Trinajstić information content (AvgIpc) is 3.40. The molecule has 2 fully saturated rings. The summed E-state index contributed by atoms with van der Waals surface area (Å²) in [5, 5.41) is 4.72. The zero-order chi connectivity index (χ0) is 27.9. The van der Waals surface area contributed by atoms with Gasteiger partial charge in [-0.1, -0.05) is 0 Å². The summed E-state index contributed by atoms with van der Waals surface area (Å²) in [5.74, 6) is -2.31. The molecule has 3 N–H and O–H groups in total. The molecule has 0 bridgehead atoms. The van der Waals surface area contributed by atoms with Gasteiger partial charge in [-0.05, 0) is 38.0 Å². The number of carbonyl (C=O) groups excluding carboxylic acids is 3. The highest BCUT2D eigenvalue weighted by atomic mass is 19.4. The van der Waals surface area contributed by atoms with E-state index in [1.165, 1.54) is 11.8 Å². The van der Waals surface area contributed by atoms with Crippen LogP contribution in [0.4, 0.5) is 28.9 Å². The number of benzene rings is 1. The fraction of sp³-hybridized carbons (Fsp3) is 0.423. The highest BCUT2D eigenvalue weighted by molar-refractivity contribution is 6.36. The maximum absolute atomic E-state index is 14.4. The van der Waals surface area contributed by atoms with Crippen LogP contribution in [-0.4, -0.2) is 78.4 Å². The Morgan fingerprint density at radius 2 is 1.85 bits per heavy atom. The highest BCUT2D eigenvalue weighted by Gasteiger charge is 2.42. The first-order valence-corrected chi connectivity index (χ1v) is 12.6. The second-order valence-corrected chi connectivity index (χ2v) is 9.73. The molecule has 5 rings (SSSR count). The number of nitrogens with one attached hydrogen (secondary N) is 3. The average molecular weight is 550 g/mol. The molecule has 2 aromatic rings. The minimum atomic E-state index is -4.92. The van der Waals surface area contributed by atoms with E-state index in [0.29, 0.717) is 45.6 Å². The number of carbonyl (C=O) groups is 3. The van der Waals surface area contributed by atoms with Gasteiger partial charge < -0.3 is 25.3 Å². The molecule has 1 aromatic heterocycles. The van der Waals surface area contributed by atoms with Crippen molar-refractivity contribution >= 4 is 41.2 Å². The van der Waals surface area contributed by atoms with Crippen LogP contribution in [0.3, 0.4) is 0 Å². The van der Waals surface area contributed by atoms with Crippen molar-refractivity contribution in [1.29, 1.82) is 0 Å². The predicted octanol–water partition coefficient (Wildman–Crippen LogP) is 3.48. The summed E-state index contributed by atoms with van der Waals surface area (Å²) in [6, 6.07) is 2.21. The van der Waals surface area contributed by atoms with Crippen LogP contribution in [0.2, 0.25) is 0 Å². The van der Waals surface area contributed by atoms with Gasteiger partial charge >= 0.3 is 6.18 Å². The molecule has 13 heteroatoms. The summed E-state index contributed by atoms with van der Waals surface area (Å²) in [6.45, 7) is 4.87. The molecule has 1 aromatic carbocycles. The summed E-state index contributed by atoms with van der Waals surface area (Å²) in [6.07, 6.45) is -2.37. The number of hydrogen-bond acceptors (Lipinski definition) is 5. The topological polar surface area (TPSA) is 107 Å². The molecule has 0 unspecified atom stereocenters. The van der Waals surface area contributed by atoms with E-state index in [4.69, 9.17) is 4.74 Å². The van der Waals surface area contributed by atoms with Crippen LogP contribution >= 0.6 is 0 Å². The number of amides is 3. The standard InChI is InChI=1S/C26H27F4N5O4/c1-14-21(25(38)35-4-2-16(3-5-35)34-6-8-39-9-7-34)22(26(28,29)30)19(32-14)12-18-17-10-15(27)11-20(31-13-36)23(17)33-24(18)37/h10-13,16,32H,2-9H2,1H3,(H,31,36)(H,33,37)/b18-12-. The van der Waals surface area contributed by atoms with Crippen LogP contribution in [0.25, 0.3) is 11.6 Å². The number of aromatic amines is 1. The molecule has 9 nitrogen and oxygen atoms in total. The summed E-state index contributed by atoms with van der Waals surface area (Å²) in [5.41, 5.74) is -2.38. The third-order valence-electron chi connectivity index (χ3n) is 7.41. The maximum Gasteiger partial charge on any atom is 0.419 e. The summed E-state index contributed by atoms with van der Waals surface area (Å²) >= 11 is 0. The number of H-pyrrole nitrogens is 1. The van der Waals surface area contributed by atoms with Gasteiger partial charge in [0.25, 0.3) is 11.8 Å². The van der Waals surface area contributed by atoms with Gasteiger partial charge in [-0.25, -0.2) is 4.39 Å². The monoisotopic (exact) mass is 549 g/mol. The second kappa shape index (κ2) is 10.5. The molecule has 0 radical (unpaired) electrons. The molecule has 0 spiro atoms. The van der Waals surface area contributed by atoms with Crippen LogP contribution in [0, 0.1) is 12.7 Å². The quantitative estimate of drug-likeness (QED) is 0.301. The molecule has 3 aliphatic rings. The lowest BCUT2D eigenvalue weighted by atomic mass is 9.99. The Morgan fingerprint density at radius 3 is 2.49 bits per heavy atom. The zero-order valence-electron chi connectivity index (χ0n) is 21.1. The molecule has 2 saturated heterocycles. The van der Waals surface area contributed by atoms with Crippen LogP contribution in [0.15, 0.2) is 12.1 Å². The lowest BCUT2D eigenvalue weighted by molar-refractivity contribution is -0.138. The van der Waals surface area contributed by atoms with Gasteiger partial charge in [0, 0.05) is 43.5 Å². The number of ether oxygens (including phenoxy) is 1. The molecule has 0 atom stereocenters. The molecular formula is C26H27F4N5O4. The summed E-state index contributed by atoms with van der Waals surface area (Å²) < 4.78 is 62.8. The normalized spacial score (nSPS) is 19.8. The van der Waals surface area contributed by atoms with Crippen molar-refractivity contribution in [2.45, 2.75) is 32.0 Å². The van der Waals surface area contributed by atoms with Crippen LogP contribution in [0.1, 0.15) is 45.7 Å². The van der Waals surface area contributed by atoms with Crippen molar-refractivity contribution < 1.29 is 36.7 Å². The van der Waals surface area contributed by atoms with Gasteiger partial charge in [-0.2, -0.15) is 13.2 Å². The molecule has 4 heterocycles. The Balaban J connectivity index is 1.47. The minimum absolute atomic E-state index is 0.00987. The largest absolute Gasteiger partial charge is 0.419 e. The fourth-order valence-electron chi connectivity index (χ4n) is 5.58. The van der Waals surface area contributed by atoms with E-state index in [1.54, 1.807) is 0 Å². The first-order chi connectivity index (χ1) is 18.6. The van der Waals surface area contributed by atoms with Crippen molar-refractivity contribution in [3.05, 3.63) is 46.0 Å². The Kier molecular flexibility index (Phi) is 7.21. The second-order valence-electron chi connectivity index (χ2n) is 9.73. The number of fused-ring (bicyclic) bond motifs is 1. The number of likely N-dealkylation sites (tertiary alicyclic amines) is 1. The van der Waals surface area contributed by atoms with E-state index in [2.05, 4.69) is 20.5 Å². The smallest absolute Gasteiger partial charge is 0.379 e. The summed E-state index contributed by atoms with van der Waals surface area (Å²) in [7, 11) is 0. The lowest BCUT2D eigenvalue weighted by Crippen LogP contribution is -2.50. The number of alkyl halides is 3. The Bertz CT molecular complexity index is 1340. The Hall–Kier alpha value is -3.71. The van der Waals surface area contributed by atoms with E-state index in [0.717, 1.165) is 31.3 Å². The molecule has 39 heavy (non-hydrogen) atoms. The first-order valence-electron chi connectivity index (χ1n) is 12.6. The number of anilines is 2. The van der Waals surface area contributed by atoms with E-state index < -0.39 is 40.6 Å². The van der Waals surface area contributed by atoms with Crippen molar-refractivity contribution in [1.82, 2.24) is 14.8 Å². The fourth-order valence-corrected chi connectivity index (χ4v) is 5.58. The molecular weight excluding hydrogens is 522 g/mol. The van der Waals surface area contributed by atoms with E-state index >= 15 is 0 Å². The van der Waals surface area contributed by atoms with Crippen molar-refractivity contribution in [2.24, 2.45) is 0 Å². The number of aryl methyl sites for hydroxylation is 1. The van der Waals surface area contributed by atoms with Crippen molar-refractivity contribution in [3.63, 3.8) is 0 Å². The van der Waals surface area contributed by atoms with E-state index in [9.17, 15) is 31.9 Å². The first kappa shape index (κ1) is 26.9. The third kappa shape index (κ3) is 5.15. The predicted molar refractivity (Wildman–Crippen MR) is 134 cm³/mol.